The van der Waals surface area contributed by atoms with Crippen LogP contribution in [0.3, 0.4) is 0 Å². The summed E-state index contributed by atoms with van der Waals surface area (Å²) in [5.74, 6) is 0.319. The molecule has 2 aromatic carbocycles. The molecule has 1 aromatic heterocycles. The molecule has 0 aliphatic carbocycles. The molecule has 0 aliphatic rings. The normalized spacial score (nSPS) is 11.4. The second kappa shape index (κ2) is 8.75. The molecule has 1 amide bonds. The highest BCUT2D eigenvalue weighted by Gasteiger charge is 2.10. The van der Waals surface area contributed by atoms with Gasteiger partial charge in [0.25, 0.3) is 0 Å². The maximum absolute atomic E-state index is 12.3. The Morgan fingerprint density at radius 1 is 1.03 bits per heavy atom. The predicted octanol–water partition coefficient (Wildman–Crippen LogP) is 4.59. The van der Waals surface area contributed by atoms with Gasteiger partial charge in [-0.15, -0.1) is 11.3 Å². The van der Waals surface area contributed by atoms with Crippen molar-refractivity contribution in [2.75, 3.05) is 16.9 Å². The van der Waals surface area contributed by atoms with Crippen LogP contribution in [0.15, 0.2) is 58.8 Å². The molecule has 29 heavy (non-hydrogen) atoms. The second-order valence-electron chi connectivity index (χ2n) is 7.07. The number of nitrogens with one attached hydrogen (secondary N) is 2. The Balaban J connectivity index is 1.57. The molecule has 8 heteroatoms. The number of benzene rings is 2. The van der Waals surface area contributed by atoms with Gasteiger partial charge in [0.15, 0.2) is 15.0 Å². The molecule has 0 fully saturated rings. The van der Waals surface area contributed by atoms with Crippen LogP contribution >= 0.6 is 11.3 Å². The summed E-state index contributed by atoms with van der Waals surface area (Å²) in [6.45, 7) is 4.25. The lowest BCUT2D eigenvalue weighted by atomic mass is 10.0. The van der Waals surface area contributed by atoms with E-state index in [2.05, 4.69) is 29.5 Å². The summed E-state index contributed by atoms with van der Waals surface area (Å²) >= 11 is 1.39. The van der Waals surface area contributed by atoms with Crippen LogP contribution in [0.4, 0.5) is 16.5 Å². The maximum atomic E-state index is 12.3. The number of carbonyl (C=O) groups is 1. The van der Waals surface area contributed by atoms with Crippen LogP contribution in [0.1, 0.15) is 31.0 Å². The Morgan fingerprint density at radius 2 is 1.66 bits per heavy atom. The molecule has 1 heterocycles. The third-order valence-electron chi connectivity index (χ3n) is 4.29. The van der Waals surface area contributed by atoms with Gasteiger partial charge in [-0.2, -0.15) is 0 Å². The highest BCUT2D eigenvalue weighted by molar-refractivity contribution is 7.90. The SMILES string of the molecule is CC(C)c1ccc(NC(=O)Cc2csc(Nc3ccc(S(C)(=O)=O)cc3)n2)cc1. The molecule has 0 aliphatic heterocycles. The molecule has 0 unspecified atom stereocenters. The van der Waals surface area contributed by atoms with Crippen molar-refractivity contribution in [1.82, 2.24) is 4.98 Å². The largest absolute Gasteiger partial charge is 0.332 e. The summed E-state index contributed by atoms with van der Waals surface area (Å²) in [5, 5.41) is 8.48. The summed E-state index contributed by atoms with van der Waals surface area (Å²) in [6.07, 6.45) is 1.35. The van der Waals surface area contributed by atoms with E-state index in [9.17, 15) is 13.2 Å². The monoisotopic (exact) mass is 429 g/mol. The minimum Gasteiger partial charge on any atom is -0.332 e. The van der Waals surface area contributed by atoms with Gasteiger partial charge in [0.05, 0.1) is 17.0 Å². The summed E-state index contributed by atoms with van der Waals surface area (Å²) in [5.41, 5.74) is 3.39. The van der Waals surface area contributed by atoms with E-state index in [1.165, 1.54) is 23.2 Å². The van der Waals surface area contributed by atoms with Crippen LogP contribution in [0.25, 0.3) is 0 Å². The standard InChI is InChI=1S/C21H23N3O3S2/c1-14(2)15-4-6-16(7-5-15)22-20(25)12-18-13-28-21(24-18)23-17-8-10-19(11-9-17)29(3,26)27/h4-11,13-14H,12H2,1-3H3,(H,22,25)(H,23,24). The Hall–Kier alpha value is -2.71. The van der Waals surface area contributed by atoms with Crippen molar-refractivity contribution < 1.29 is 13.2 Å². The van der Waals surface area contributed by atoms with Crippen LogP contribution in [0, 0.1) is 0 Å². The van der Waals surface area contributed by atoms with Gasteiger partial charge in [0.2, 0.25) is 5.91 Å². The lowest BCUT2D eigenvalue weighted by Gasteiger charge is -2.08. The van der Waals surface area contributed by atoms with Crippen LogP contribution in [-0.4, -0.2) is 25.6 Å². The first-order valence-electron chi connectivity index (χ1n) is 9.12. The fourth-order valence-electron chi connectivity index (χ4n) is 2.68. The first-order chi connectivity index (χ1) is 13.7. The maximum Gasteiger partial charge on any atom is 0.230 e. The smallest absolute Gasteiger partial charge is 0.230 e. The highest BCUT2D eigenvalue weighted by Crippen LogP contribution is 2.23. The van der Waals surface area contributed by atoms with Crippen molar-refractivity contribution >= 4 is 43.6 Å². The number of amides is 1. The van der Waals surface area contributed by atoms with Gasteiger partial charge >= 0.3 is 0 Å². The topological polar surface area (TPSA) is 88.2 Å². The van der Waals surface area contributed by atoms with Crippen molar-refractivity contribution in [3.63, 3.8) is 0 Å². The molecule has 0 bridgehead atoms. The van der Waals surface area contributed by atoms with Crippen molar-refractivity contribution in [3.05, 3.63) is 65.2 Å². The Labute approximate surface area is 174 Å². The van der Waals surface area contributed by atoms with Crippen LogP contribution in [-0.2, 0) is 21.1 Å². The van der Waals surface area contributed by atoms with Crippen molar-refractivity contribution in [2.45, 2.75) is 31.1 Å². The zero-order valence-corrected chi connectivity index (χ0v) is 18.1. The molecule has 3 rings (SSSR count). The van der Waals surface area contributed by atoms with E-state index < -0.39 is 9.84 Å². The number of carbonyl (C=O) groups excluding carboxylic acids is 1. The average Bonchev–Trinajstić information content (AvgIpc) is 3.08. The minimum atomic E-state index is -3.22. The van der Waals surface area contributed by atoms with Gasteiger partial charge in [-0.05, 0) is 47.9 Å². The summed E-state index contributed by atoms with van der Waals surface area (Å²) in [6, 6.07) is 14.3. The number of anilines is 3. The molecule has 0 saturated heterocycles. The molecule has 0 atom stereocenters. The third kappa shape index (κ3) is 5.88. The number of nitrogens with zero attached hydrogens (tertiary/aromatic N) is 1. The van der Waals surface area contributed by atoms with E-state index in [-0.39, 0.29) is 17.2 Å². The van der Waals surface area contributed by atoms with E-state index in [1.807, 2.05) is 29.6 Å². The molecule has 0 spiro atoms. The van der Waals surface area contributed by atoms with Gasteiger partial charge in [-0.25, -0.2) is 13.4 Å². The zero-order valence-electron chi connectivity index (χ0n) is 16.5. The van der Waals surface area contributed by atoms with Crippen molar-refractivity contribution in [1.29, 1.82) is 0 Å². The number of sulfone groups is 1. The Kier molecular flexibility index (Phi) is 6.34. The molecule has 0 saturated carbocycles. The van der Waals surface area contributed by atoms with E-state index >= 15 is 0 Å². The molecular weight excluding hydrogens is 406 g/mol. The Bertz CT molecular complexity index is 1090. The number of rotatable bonds is 7. The number of thiazole rings is 1. The Morgan fingerprint density at radius 3 is 2.24 bits per heavy atom. The first kappa shape index (κ1) is 21.0. The van der Waals surface area contributed by atoms with E-state index in [4.69, 9.17) is 0 Å². The zero-order chi connectivity index (χ0) is 21.0. The molecule has 152 valence electrons. The van der Waals surface area contributed by atoms with Gasteiger partial charge in [-0.3, -0.25) is 4.79 Å². The number of aromatic nitrogens is 1. The molecule has 2 N–H and O–H groups in total. The van der Waals surface area contributed by atoms with Crippen LogP contribution < -0.4 is 10.6 Å². The van der Waals surface area contributed by atoms with E-state index in [1.54, 1.807) is 24.3 Å². The third-order valence-corrected chi connectivity index (χ3v) is 6.22. The van der Waals surface area contributed by atoms with Crippen LogP contribution in [0.5, 0.6) is 0 Å². The van der Waals surface area contributed by atoms with E-state index in [0.717, 1.165) is 11.4 Å². The van der Waals surface area contributed by atoms with Crippen molar-refractivity contribution in [3.8, 4) is 0 Å². The van der Waals surface area contributed by atoms with Crippen LogP contribution in [0.2, 0.25) is 0 Å². The van der Waals surface area contributed by atoms with Gasteiger partial charge in [0, 0.05) is 23.0 Å². The molecule has 3 aromatic rings. The lowest BCUT2D eigenvalue weighted by molar-refractivity contribution is -0.115. The predicted molar refractivity (Wildman–Crippen MR) is 118 cm³/mol. The minimum absolute atomic E-state index is 0.128. The molecule has 6 nitrogen and oxygen atoms in total. The molecular formula is C21H23N3O3S2. The summed E-state index contributed by atoms with van der Waals surface area (Å²) in [7, 11) is -3.22. The fourth-order valence-corrected chi connectivity index (χ4v) is 4.04. The van der Waals surface area contributed by atoms with Gasteiger partial charge < -0.3 is 10.6 Å². The number of hydrogen-bond donors (Lipinski definition) is 2. The lowest BCUT2D eigenvalue weighted by Crippen LogP contribution is -2.14. The highest BCUT2D eigenvalue weighted by atomic mass is 32.2. The van der Waals surface area contributed by atoms with Gasteiger partial charge in [-0.1, -0.05) is 26.0 Å². The summed E-state index contributed by atoms with van der Waals surface area (Å²) in [4.78, 5) is 17.0. The van der Waals surface area contributed by atoms with Crippen molar-refractivity contribution in [2.24, 2.45) is 0 Å². The summed E-state index contributed by atoms with van der Waals surface area (Å²) < 4.78 is 23.0. The van der Waals surface area contributed by atoms with E-state index in [0.29, 0.717) is 16.7 Å². The quantitative estimate of drug-likeness (QED) is 0.573. The van der Waals surface area contributed by atoms with Gasteiger partial charge in [0.1, 0.15) is 0 Å². The average molecular weight is 430 g/mol. The fraction of sp³-hybridized carbons (Fsp3) is 0.238. The number of hydrogen-bond acceptors (Lipinski definition) is 6. The molecule has 0 radical (unpaired) electrons. The first-order valence-corrected chi connectivity index (χ1v) is 11.9. The second-order valence-corrected chi connectivity index (χ2v) is 9.94.